The highest BCUT2D eigenvalue weighted by molar-refractivity contribution is 5.84. The van der Waals surface area contributed by atoms with Crippen molar-refractivity contribution in [3.8, 4) is 5.75 Å². The van der Waals surface area contributed by atoms with Crippen molar-refractivity contribution >= 4 is 34.8 Å². The third-order valence-electron chi connectivity index (χ3n) is 5.44. The van der Waals surface area contributed by atoms with Gasteiger partial charge >= 0.3 is 0 Å². The summed E-state index contributed by atoms with van der Waals surface area (Å²) in [6.45, 7) is 2.99. The minimum absolute atomic E-state index is 0.198. The van der Waals surface area contributed by atoms with Gasteiger partial charge in [-0.3, -0.25) is 10.1 Å². The van der Waals surface area contributed by atoms with Gasteiger partial charge in [0, 0.05) is 38.4 Å². The van der Waals surface area contributed by atoms with Crippen LogP contribution in [0.3, 0.4) is 0 Å². The molecule has 1 aliphatic heterocycles. The molecule has 0 saturated carbocycles. The first kappa shape index (κ1) is 21.6. The Morgan fingerprint density at radius 3 is 2.62 bits per heavy atom. The Balaban J connectivity index is 1.35. The molecule has 0 aliphatic carbocycles. The summed E-state index contributed by atoms with van der Waals surface area (Å²) in [6, 6.07) is 11.4. The highest BCUT2D eigenvalue weighted by Gasteiger charge is 2.20. The number of nitrogens with zero attached hydrogens (tertiary/aromatic N) is 7. The van der Waals surface area contributed by atoms with Gasteiger partial charge in [-0.2, -0.15) is 9.97 Å². The Morgan fingerprint density at radius 2 is 1.82 bits per heavy atom. The number of fused-ring (bicyclic) bond motifs is 1. The van der Waals surface area contributed by atoms with E-state index in [1.54, 1.807) is 24.8 Å². The smallest absolute Gasteiger partial charge is 0.233 e. The van der Waals surface area contributed by atoms with E-state index < -0.39 is 0 Å². The minimum atomic E-state index is 0.198. The van der Waals surface area contributed by atoms with Gasteiger partial charge in [-0.25, -0.2) is 15.0 Å². The fourth-order valence-electron chi connectivity index (χ4n) is 3.77. The summed E-state index contributed by atoms with van der Waals surface area (Å²) in [5.41, 5.74) is 1.30. The second-order valence-corrected chi connectivity index (χ2v) is 7.78. The Bertz CT molecular complexity index is 1250. The number of hydrogen-bond acceptors (Lipinski definition) is 9. The van der Waals surface area contributed by atoms with E-state index >= 15 is 0 Å². The van der Waals surface area contributed by atoms with Crippen LogP contribution in [-0.4, -0.2) is 66.5 Å². The normalized spacial score (nSPS) is 13.4. The van der Waals surface area contributed by atoms with E-state index in [9.17, 15) is 4.79 Å². The van der Waals surface area contributed by atoms with Crippen LogP contribution < -0.4 is 15.4 Å². The van der Waals surface area contributed by atoms with Gasteiger partial charge in [0.05, 0.1) is 12.9 Å². The van der Waals surface area contributed by atoms with Crippen molar-refractivity contribution in [1.82, 2.24) is 34.4 Å². The van der Waals surface area contributed by atoms with Crippen LogP contribution in [0.25, 0.3) is 11.2 Å². The zero-order valence-corrected chi connectivity index (χ0v) is 18.6. The van der Waals surface area contributed by atoms with Gasteiger partial charge in [0.25, 0.3) is 0 Å². The molecule has 5 rings (SSSR count). The largest absolute Gasteiger partial charge is 0.492 e. The number of anilines is 3. The fourth-order valence-corrected chi connectivity index (χ4v) is 3.77. The number of benzene rings is 1. The molecule has 0 spiro atoms. The van der Waals surface area contributed by atoms with Crippen LogP contribution in [0.2, 0.25) is 0 Å². The number of hydrogen-bond donors (Lipinski definition) is 2. The van der Waals surface area contributed by atoms with Gasteiger partial charge in [0.2, 0.25) is 17.8 Å². The highest BCUT2D eigenvalue weighted by atomic mass is 16.5. The highest BCUT2D eigenvalue weighted by Crippen LogP contribution is 2.22. The topological polar surface area (TPSA) is 123 Å². The molecular weight excluding hydrogens is 434 g/mol. The van der Waals surface area contributed by atoms with Crippen LogP contribution >= 0.6 is 0 Å². The van der Waals surface area contributed by atoms with Crippen molar-refractivity contribution in [2.75, 3.05) is 36.9 Å². The first-order valence-electron chi connectivity index (χ1n) is 11.2. The van der Waals surface area contributed by atoms with E-state index in [0.29, 0.717) is 61.5 Å². The number of imidazole rings is 1. The molecule has 0 radical (unpaired) electrons. The molecule has 1 fully saturated rings. The molecule has 1 aromatic carbocycles. The second kappa shape index (κ2) is 10.1. The fraction of sp³-hybridized carbons (Fsp3) is 0.304. The number of amides is 1. The molecule has 0 unspecified atom stereocenters. The lowest BCUT2D eigenvalue weighted by Crippen LogP contribution is -2.28. The number of para-hydroxylation sites is 1. The third-order valence-corrected chi connectivity index (χ3v) is 5.44. The second-order valence-electron chi connectivity index (χ2n) is 7.78. The molecule has 2 N–H and O–H groups in total. The maximum Gasteiger partial charge on any atom is 0.233 e. The number of rotatable bonds is 10. The molecule has 0 atom stereocenters. The van der Waals surface area contributed by atoms with Crippen LogP contribution in [0.4, 0.5) is 17.7 Å². The van der Waals surface area contributed by atoms with Gasteiger partial charge < -0.3 is 19.5 Å². The summed E-state index contributed by atoms with van der Waals surface area (Å²) >= 11 is 0. The van der Waals surface area contributed by atoms with Crippen LogP contribution in [0.5, 0.6) is 5.75 Å². The van der Waals surface area contributed by atoms with Crippen LogP contribution in [0, 0.1) is 0 Å². The van der Waals surface area contributed by atoms with E-state index in [1.807, 2.05) is 39.8 Å². The average molecular weight is 460 g/mol. The zero-order valence-electron chi connectivity index (χ0n) is 18.6. The lowest BCUT2D eigenvalue weighted by molar-refractivity contribution is -0.127. The van der Waals surface area contributed by atoms with Gasteiger partial charge in [-0.05, 0) is 24.6 Å². The van der Waals surface area contributed by atoms with Gasteiger partial charge in [-0.15, -0.1) is 0 Å². The maximum absolute atomic E-state index is 12.0. The third kappa shape index (κ3) is 5.03. The summed E-state index contributed by atoms with van der Waals surface area (Å²) in [5, 5.41) is 6.36. The monoisotopic (exact) mass is 459 g/mol. The zero-order chi connectivity index (χ0) is 23.2. The predicted octanol–water partition coefficient (Wildman–Crippen LogP) is 2.47. The molecular formula is C23H25N9O2. The number of ether oxygens (including phenoxy) is 1. The summed E-state index contributed by atoms with van der Waals surface area (Å²) in [4.78, 5) is 36.0. The van der Waals surface area contributed by atoms with Crippen molar-refractivity contribution in [2.45, 2.75) is 19.4 Å². The van der Waals surface area contributed by atoms with Gasteiger partial charge in [-0.1, -0.05) is 18.2 Å². The van der Waals surface area contributed by atoms with Crippen LogP contribution in [0.15, 0.2) is 55.1 Å². The van der Waals surface area contributed by atoms with E-state index in [4.69, 9.17) is 4.74 Å². The number of carbonyl (C=O) groups excluding carboxylic acids is 1. The number of nitrogens with one attached hydrogen (secondary N) is 2. The van der Waals surface area contributed by atoms with E-state index in [0.717, 1.165) is 18.7 Å². The Kier molecular flexibility index (Phi) is 6.41. The first-order chi connectivity index (χ1) is 16.8. The average Bonchev–Trinajstić information content (AvgIpc) is 3.47. The van der Waals surface area contributed by atoms with Crippen molar-refractivity contribution in [3.05, 3.63) is 55.1 Å². The van der Waals surface area contributed by atoms with Crippen molar-refractivity contribution in [2.24, 2.45) is 0 Å². The van der Waals surface area contributed by atoms with Crippen molar-refractivity contribution in [3.63, 3.8) is 0 Å². The molecule has 1 saturated heterocycles. The summed E-state index contributed by atoms with van der Waals surface area (Å²) in [6.07, 6.45) is 6.55. The molecule has 4 heterocycles. The van der Waals surface area contributed by atoms with E-state index in [1.165, 1.54) is 0 Å². The van der Waals surface area contributed by atoms with E-state index in [-0.39, 0.29) is 5.91 Å². The molecule has 1 amide bonds. The van der Waals surface area contributed by atoms with E-state index in [2.05, 4.69) is 35.6 Å². The van der Waals surface area contributed by atoms with Crippen molar-refractivity contribution in [1.29, 1.82) is 0 Å². The van der Waals surface area contributed by atoms with Gasteiger partial charge in [0.15, 0.2) is 17.0 Å². The maximum atomic E-state index is 12.0. The van der Waals surface area contributed by atoms with Crippen LogP contribution in [0.1, 0.15) is 12.8 Å². The minimum Gasteiger partial charge on any atom is -0.492 e. The first-order valence-corrected chi connectivity index (χ1v) is 11.2. The molecule has 4 aromatic rings. The quantitative estimate of drug-likeness (QED) is 0.344. The number of carbonyl (C=O) groups is 1. The lowest BCUT2D eigenvalue weighted by atomic mass is 10.3. The summed E-state index contributed by atoms with van der Waals surface area (Å²) in [7, 11) is 0. The molecule has 1 aliphatic rings. The summed E-state index contributed by atoms with van der Waals surface area (Å²) < 4.78 is 7.71. The predicted molar refractivity (Wildman–Crippen MR) is 127 cm³/mol. The Morgan fingerprint density at radius 1 is 0.971 bits per heavy atom. The molecule has 3 aromatic heterocycles. The molecule has 11 nitrogen and oxygen atoms in total. The molecule has 34 heavy (non-hydrogen) atoms. The van der Waals surface area contributed by atoms with Crippen LogP contribution in [-0.2, 0) is 11.3 Å². The summed E-state index contributed by atoms with van der Waals surface area (Å²) in [5.74, 6) is 2.33. The number of likely N-dealkylation sites (tertiary alicyclic amines) is 1. The van der Waals surface area contributed by atoms with Crippen molar-refractivity contribution < 1.29 is 9.53 Å². The molecule has 0 bridgehead atoms. The molecule has 174 valence electrons. The lowest BCUT2D eigenvalue weighted by Gasteiger charge is -2.16. The molecule has 11 heteroatoms. The number of aromatic nitrogens is 6. The van der Waals surface area contributed by atoms with Gasteiger partial charge in [0.1, 0.15) is 12.4 Å². The SMILES string of the molecule is O=C1CCCN1CCn1cnc2c(NCCOc3ccccc3)nc(Nc3ncccn3)nc21. The standard InChI is InChI=1S/C23H25N9O2/c33-18-8-4-12-31(18)13-14-32-16-27-19-20(24-11-15-34-17-6-2-1-3-7-17)28-23(29-21(19)32)30-22-25-9-5-10-26-22/h1-3,5-7,9-10,16H,4,8,11-15H2,(H2,24,25,26,28,29,30). The Labute approximate surface area is 196 Å². The Hall–Kier alpha value is -4.28.